The Morgan fingerprint density at radius 1 is 1.48 bits per heavy atom. The van der Waals surface area contributed by atoms with Gasteiger partial charge in [0.15, 0.2) is 0 Å². The number of carbonyl (C=O) groups is 1. The zero-order valence-corrected chi connectivity index (χ0v) is 14.2. The van der Waals surface area contributed by atoms with Gasteiger partial charge in [-0.1, -0.05) is 0 Å². The van der Waals surface area contributed by atoms with Crippen LogP contribution in [0.2, 0.25) is 0 Å². The van der Waals surface area contributed by atoms with Crippen LogP contribution in [0.1, 0.15) is 29.7 Å². The van der Waals surface area contributed by atoms with Gasteiger partial charge in [0, 0.05) is 30.4 Å². The van der Waals surface area contributed by atoms with Crippen molar-refractivity contribution in [3.63, 3.8) is 0 Å². The fourth-order valence-electron chi connectivity index (χ4n) is 2.79. The van der Waals surface area contributed by atoms with Crippen LogP contribution in [0.3, 0.4) is 0 Å². The van der Waals surface area contributed by atoms with Gasteiger partial charge >= 0.3 is 0 Å². The lowest BCUT2D eigenvalue weighted by molar-refractivity contribution is -0.132. The molecule has 0 radical (unpaired) electrons. The van der Waals surface area contributed by atoms with Gasteiger partial charge in [0.2, 0.25) is 5.91 Å². The Balaban J connectivity index is 1.76. The number of aliphatic hydroxyl groups excluding tert-OH is 1. The molecule has 7 heteroatoms. The van der Waals surface area contributed by atoms with Gasteiger partial charge in [-0.05, 0) is 32.3 Å². The molecule has 2 aromatic heterocycles. The third-order valence-corrected chi connectivity index (χ3v) is 5.49. The number of nitrogens with zero attached hydrogens (tertiary/aromatic N) is 3. The van der Waals surface area contributed by atoms with E-state index in [0.29, 0.717) is 18.5 Å². The molecule has 0 aromatic carbocycles. The van der Waals surface area contributed by atoms with E-state index >= 15 is 0 Å². The number of hydrogen-bond donors (Lipinski definition) is 1. The first-order valence-electron chi connectivity index (χ1n) is 7.88. The van der Waals surface area contributed by atoms with E-state index in [-0.39, 0.29) is 30.5 Å². The number of carbonyl (C=O) groups excluding carboxylic acids is 1. The summed E-state index contributed by atoms with van der Waals surface area (Å²) in [6.07, 6.45) is 3.80. The van der Waals surface area contributed by atoms with Crippen molar-refractivity contribution in [1.82, 2.24) is 14.5 Å². The number of rotatable bonds is 6. The van der Waals surface area contributed by atoms with Crippen LogP contribution in [0, 0.1) is 13.8 Å². The first-order chi connectivity index (χ1) is 11.0. The number of fused-ring (bicyclic) bond motifs is 1. The largest absolute Gasteiger partial charge is 0.395 e. The number of hydrogen-bond acceptors (Lipinski definition) is 5. The summed E-state index contributed by atoms with van der Waals surface area (Å²) in [5, 5.41) is 9.75. The van der Waals surface area contributed by atoms with Gasteiger partial charge in [0.05, 0.1) is 18.3 Å². The lowest BCUT2D eigenvalue weighted by Crippen LogP contribution is -2.36. The molecule has 124 valence electrons. The van der Waals surface area contributed by atoms with Gasteiger partial charge in [-0.3, -0.25) is 14.2 Å². The van der Waals surface area contributed by atoms with Crippen LogP contribution < -0.4 is 5.56 Å². The monoisotopic (exact) mass is 335 g/mol. The normalized spacial score (nSPS) is 14.4. The first-order valence-corrected chi connectivity index (χ1v) is 8.70. The second kappa shape index (κ2) is 6.41. The fraction of sp³-hybridized carbons (Fsp3) is 0.562. The predicted octanol–water partition coefficient (Wildman–Crippen LogP) is 1.45. The summed E-state index contributed by atoms with van der Waals surface area (Å²) in [4.78, 5) is 32.8. The Kier molecular flexibility index (Phi) is 4.50. The van der Waals surface area contributed by atoms with Crippen molar-refractivity contribution in [2.45, 2.75) is 45.7 Å². The van der Waals surface area contributed by atoms with Crippen molar-refractivity contribution in [3.05, 3.63) is 27.1 Å². The minimum absolute atomic E-state index is 0.00762. The Morgan fingerprint density at radius 2 is 2.22 bits per heavy atom. The predicted molar refractivity (Wildman–Crippen MR) is 89.8 cm³/mol. The average molecular weight is 335 g/mol. The van der Waals surface area contributed by atoms with E-state index in [4.69, 9.17) is 5.11 Å². The summed E-state index contributed by atoms with van der Waals surface area (Å²) in [6, 6.07) is 0.272. The highest BCUT2D eigenvalue weighted by Crippen LogP contribution is 2.27. The topological polar surface area (TPSA) is 75.4 Å². The lowest BCUT2D eigenvalue weighted by Gasteiger charge is -2.21. The third-order valence-electron chi connectivity index (χ3n) is 4.37. The molecule has 0 unspecified atom stereocenters. The molecular formula is C16H21N3O3S. The minimum atomic E-state index is -0.0789. The van der Waals surface area contributed by atoms with Crippen LogP contribution in [-0.2, 0) is 11.3 Å². The quantitative estimate of drug-likeness (QED) is 0.867. The standard InChI is InChI=1S/C16H21N3O3S/c1-10-11(2)23-15-14(10)16(22)18(9-17-15)6-5-13(21)19(7-8-20)12-3-4-12/h9,12,20H,3-8H2,1-2H3. The van der Waals surface area contributed by atoms with E-state index in [9.17, 15) is 9.59 Å². The first kappa shape index (κ1) is 16.1. The van der Waals surface area contributed by atoms with E-state index in [2.05, 4.69) is 4.98 Å². The van der Waals surface area contributed by atoms with Crippen molar-refractivity contribution >= 4 is 27.5 Å². The maximum absolute atomic E-state index is 12.6. The molecule has 0 atom stereocenters. The van der Waals surface area contributed by atoms with Gasteiger partial charge in [-0.25, -0.2) is 4.98 Å². The molecule has 1 saturated carbocycles. The Morgan fingerprint density at radius 3 is 2.87 bits per heavy atom. The molecule has 3 rings (SSSR count). The molecule has 1 N–H and O–H groups in total. The van der Waals surface area contributed by atoms with Crippen molar-refractivity contribution in [3.8, 4) is 0 Å². The molecule has 0 aliphatic heterocycles. The van der Waals surface area contributed by atoms with Gasteiger partial charge in [0.1, 0.15) is 4.83 Å². The molecule has 1 amide bonds. The number of amides is 1. The summed E-state index contributed by atoms with van der Waals surface area (Å²) in [5.74, 6) is -0.00762. The van der Waals surface area contributed by atoms with E-state index < -0.39 is 0 Å². The van der Waals surface area contributed by atoms with Crippen LogP contribution in [0.5, 0.6) is 0 Å². The molecule has 2 heterocycles. The van der Waals surface area contributed by atoms with Crippen molar-refractivity contribution in [2.75, 3.05) is 13.2 Å². The Bertz CT molecular complexity index is 792. The van der Waals surface area contributed by atoms with E-state index in [1.165, 1.54) is 22.2 Å². The van der Waals surface area contributed by atoms with Crippen LogP contribution in [0.4, 0.5) is 0 Å². The van der Waals surface area contributed by atoms with Crippen molar-refractivity contribution in [1.29, 1.82) is 0 Å². The molecule has 0 bridgehead atoms. The van der Waals surface area contributed by atoms with Gasteiger partial charge in [0.25, 0.3) is 5.56 Å². The van der Waals surface area contributed by atoms with Gasteiger partial charge < -0.3 is 10.0 Å². The van der Waals surface area contributed by atoms with Gasteiger partial charge in [-0.15, -0.1) is 11.3 Å². The molecule has 1 fully saturated rings. The molecule has 1 aliphatic carbocycles. The second-order valence-electron chi connectivity index (χ2n) is 6.00. The van der Waals surface area contributed by atoms with Crippen LogP contribution in [0.15, 0.2) is 11.1 Å². The molecule has 1 aliphatic rings. The van der Waals surface area contributed by atoms with Gasteiger partial charge in [-0.2, -0.15) is 0 Å². The minimum Gasteiger partial charge on any atom is -0.395 e. The second-order valence-corrected chi connectivity index (χ2v) is 7.20. The smallest absolute Gasteiger partial charge is 0.262 e. The summed E-state index contributed by atoms with van der Waals surface area (Å²) in [7, 11) is 0. The highest BCUT2D eigenvalue weighted by molar-refractivity contribution is 7.18. The van der Waals surface area contributed by atoms with Crippen LogP contribution >= 0.6 is 11.3 Å². The maximum Gasteiger partial charge on any atom is 0.262 e. The number of aliphatic hydroxyl groups is 1. The zero-order valence-electron chi connectivity index (χ0n) is 13.4. The molecular weight excluding hydrogens is 314 g/mol. The zero-order chi connectivity index (χ0) is 16.6. The number of thiophene rings is 1. The Hall–Kier alpha value is -1.73. The summed E-state index contributed by atoms with van der Waals surface area (Å²) >= 11 is 1.52. The third kappa shape index (κ3) is 3.16. The molecule has 6 nitrogen and oxygen atoms in total. The maximum atomic E-state index is 12.6. The average Bonchev–Trinajstić information content (AvgIpc) is 3.31. The summed E-state index contributed by atoms with van der Waals surface area (Å²) < 4.78 is 1.52. The summed E-state index contributed by atoms with van der Waals surface area (Å²) in [5.41, 5.74) is 0.896. The fourth-order valence-corrected chi connectivity index (χ4v) is 3.78. The van der Waals surface area contributed by atoms with E-state index in [0.717, 1.165) is 28.1 Å². The molecule has 0 saturated heterocycles. The van der Waals surface area contributed by atoms with Crippen molar-refractivity contribution in [2.24, 2.45) is 0 Å². The van der Waals surface area contributed by atoms with E-state index in [1.54, 1.807) is 4.90 Å². The number of aromatic nitrogens is 2. The van der Waals surface area contributed by atoms with Crippen LogP contribution in [-0.4, -0.2) is 44.7 Å². The number of aryl methyl sites for hydroxylation is 3. The molecule has 2 aromatic rings. The molecule has 23 heavy (non-hydrogen) atoms. The Labute approximate surface area is 138 Å². The molecule has 0 spiro atoms. The lowest BCUT2D eigenvalue weighted by atomic mass is 10.2. The highest BCUT2D eigenvalue weighted by Gasteiger charge is 2.31. The SMILES string of the molecule is Cc1sc2ncn(CCC(=O)N(CCO)C3CC3)c(=O)c2c1C. The van der Waals surface area contributed by atoms with E-state index in [1.807, 2.05) is 13.8 Å². The van der Waals surface area contributed by atoms with Crippen LogP contribution in [0.25, 0.3) is 10.2 Å². The van der Waals surface area contributed by atoms with Crippen molar-refractivity contribution < 1.29 is 9.90 Å². The summed E-state index contributed by atoms with van der Waals surface area (Å²) in [6.45, 7) is 4.59. The highest BCUT2D eigenvalue weighted by atomic mass is 32.1.